The second-order valence-electron chi connectivity index (χ2n) is 0.0431. The zero-order valence-corrected chi connectivity index (χ0v) is 4.22. The predicted octanol–water partition coefficient (Wildman–Crippen LogP) is 1.54. The normalized spacial score (nSPS) is 5.50. The molecule has 0 saturated carbocycles. The van der Waals surface area contributed by atoms with Crippen LogP contribution in [-0.2, 0) is 13.1 Å². The Morgan fingerprint density at radius 2 is 1.25 bits per heavy atom. The van der Waals surface area contributed by atoms with Gasteiger partial charge in [0.2, 0.25) is 0 Å². The van der Waals surface area contributed by atoms with E-state index in [2.05, 4.69) is 20.2 Å². The molecule has 4 heteroatoms. The van der Waals surface area contributed by atoms with Gasteiger partial charge in [0, 0.05) is 0 Å². The minimum atomic E-state index is 0. The van der Waals surface area contributed by atoms with Crippen molar-refractivity contribution in [2.24, 2.45) is 0 Å². The Morgan fingerprint density at radius 1 is 1.25 bits per heavy atom. The molecule has 0 aliphatic heterocycles. The standard InChI is InChI=1S/2ClH.Cu.H3N/h2*1H;;1H3/q;;+2;/p-2. The van der Waals surface area contributed by atoms with Crippen LogP contribution in [0.25, 0.3) is 0 Å². The van der Waals surface area contributed by atoms with Crippen molar-refractivity contribution < 1.29 is 13.1 Å². The summed E-state index contributed by atoms with van der Waals surface area (Å²) in [6.07, 6.45) is 0. The Morgan fingerprint density at radius 3 is 1.25 bits per heavy atom. The van der Waals surface area contributed by atoms with E-state index in [9.17, 15) is 0 Å². The Balaban J connectivity index is 0. The third-order valence-electron chi connectivity index (χ3n) is 0. The zero-order chi connectivity index (χ0) is 2.71. The van der Waals surface area contributed by atoms with E-state index in [1.807, 2.05) is 0 Å². The summed E-state index contributed by atoms with van der Waals surface area (Å²) in [4.78, 5) is 0. The SMILES string of the molecule is N.[Cl][Cu][Cl]. The molecule has 0 atom stereocenters. The summed E-state index contributed by atoms with van der Waals surface area (Å²) in [6, 6.07) is 0. The van der Waals surface area contributed by atoms with E-state index in [1.165, 1.54) is 0 Å². The molecule has 0 heterocycles. The summed E-state index contributed by atoms with van der Waals surface area (Å²) in [7, 11) is 9.34. The maximum atomic E-state index is 4.67. The van der Waals surface area contributed by atoms with Gasteiger partial charge in [-0.2, -0.15) is 0 Å². The van der Waals surface area contributed by atoms with Gasteiger partial charge in [-0.1, -0.05) is 0 Å². The summed E-state index contributed by atoms with van der Waals surface area (Å²) < 4.78 is 0. The number of hydrogen-bond donors (Lipinski definition) is 1. The van der Waals surface area contributed by atoms with Crippen LogP contribution in [0, 0.1) is 0 Å². The van der Waals surface area contributed by atoms with Crippen molar-refractivity contribution in [2.45, 2.75) is 0 Å². The third-order valence-corrected chi connectivity index (χ3v) is 0. The van der Waals surface area contributed by atoms with E-state index in [0.29, 0.717) is 0 Å². The number of halogens is 2. The van der Waals surface area contributed by atoms with Crippen molar-refractivity contribution in [3.05, 3.63) is 0 Å². The van der Waals surface area contributed by atoms with Gasteiger partial charge >= 0.3 is 33.3 Å². The molecule has 0 fully saturated rings. The van der Waals surface area contributed by atoms with Crippen molar-refractivity contribution >= 4 is 20.2 Å². The fraction of sp³-hybridized carbons (Fsp3) is 0. The van der Waals surface area contributed by atoms with E-state index in [-0.39, 0.29) is 6.15 Å². The number of rotatable bonds is 0. The summed E-state index contributed by atoms with van der Waals surface area (Å²) in [6.45, 7) is 0. The molecule has 0 radical (unpaired) electrons. The molecule has 33 valence electrons. The van der Waals surface area contributed by atoms with Gasteiger partial charge in [0.25, 0.3) is 0 Å². The zero-order valence-electron chi connectivity index (χ0n) is 1.76. The third kappa shape index (κ3) is 11.6. The number of hydrogen-bond acceptors (Lipinski definition) is 1. The second kappa shape index (κ2) is 8.96. The van der Waals surface area contributed by atoms with Crippen molar-refractivity contribution in [2.75, 3.05) is 0 Å². The van der Waals surface area contributed by atoms with Crippen LogP contribution in [0.1, 0.15) is 0 Å². The van der Waals surface area contributed by atoms with Crippen LogP contribution in [-0.4, -0.2) is 0 Å². The summed E-state index contributed by atoms with van der Waals surface area (Å²) in [5, 5.41) is 0. The van der Waals surface area contributed by atoms with Crippen LogP contribution in [0.2, 0.25) is 0 Å². The molecule has 0 amide bonds. The first kappa shape index (κ1) is 8.91. The molecule has 0 bridgehead atoms. The maximum absolute atomic E-state index is 4.67. The van der Waals surface area contributed by atoms with Crippen LogP contribution in [0.5, 0.6) is 0 Å². The monoisotopic (exact) mass is 150 g/mol. The Labute approximate surface area is 39.9 Å². The van der Waals surface area contributed by atoms with Gasteiger partial charge in [-0.05, 0) is 0 Å². The Kier molecular flexibility index (Phi) is 19.9. The van der Waals surface area contributed by atoms with E-state index in [0.717, 1.165) is 13.1 Å². The van der Waals surface area contributed by atoms with Gasteiger partial charge in [-0.3, -0.25) is 0 Å². The van der Waals surface area contributed by atoms with E-state index >= 15 is 0 Å². The summed E-state index contributed by atoms with van der Waals surface area (Å²) in [5.41, 5.74) is 0. The molecular weight excluding hydrogens is 148 g/mol. The van der Waals surface area contributed by atoms with Crippen LogP contribution < -0.4 is 6.15 Å². The van der Waals surface area contributed by atoms with Crippen LogP contribution in [0.15, 0.2) is 0 Å². The molecule has 0 aliphatic carbocycles. The van der Waals surface area contributed by atoms with E-state index in [1.54, 1.807) is 0 Å². The fourth-order valence-corrected chi connectivity index (χ4v) is 0. The van der Waals surface area contributed by atoms with Gasteiger partial charge in [0.1, 0.15) is 0 Å². The molecule has 3 N–H and O–H groups in total. The fourth-order valence-electron chi connectivity index (χ4n) is 0. The average Bonchev–Trinajstić information content (AvgIpc) is 0.918. The Hall–Kier alpha value is 1.06. The molecule has 1 nitrogen and oxygen atoms in total. The summed E-state index contributed by atoms with van der Waals surface area (Å²) >= 11 is 0.757. The van der Waals surface area contributed by atoms with Gasteiger partial charge < -0.3 is 6.15 Å². The Bertz CT molecular complexity index is 6.00. The first-order valence-corrected chi connectivity index (χ1v) is 2.82. The van der Waals surface area contributed by atoms with Crippen molar-refractivity contribution in [1.82, 2.24) is 6.15 Å². The van der Waals surface area contributed by atoms with Gasteiger partial charge in [-0.25, -0.2) is 0 Å². The first-order chi connectivity index (χ1) is 1.41. The molecule has 0 aromatic rings. The molecule has 0 saturated heterocycles. The first-order valence-electron chi connectivity index (χ1n) is 0.228. The van der Waals surface area contributed by atoms with Gasteiger partial charge in [0.15, 0.2) is 0 Å². The van der Waals surface area contributed by atoms with E-state index < -0.39 is 0 Å². The molecular formula is H3Cl2CuN. The summed E-state index contributed by atoms with van der Waals surface area (Å²) in [5.74, 6) is 0. The molecule has 0 aromatic carbocycles. The van der Waals surface area contributed by atoms with Crippen LogP contribution in [0.4, 0.5) is 0 Å². The average molecular weight is 151 g/mol. The quantitative estimate of drug-likeness (QED) is 0.524. The molecule has 0 rings (SSSR count). The van der Waals surface area contributed by atoms with E-state index in [4.69, 9.17) is 0 Å². The predicted molar refractivity (Wildman–Crippen MR) is 16.7 cm³/mol. The topological polar surface area (TPSA) is 35.0 Å². The van der Waals surface area contributed by atoms with Crippen LogP contribution >= 0.6 is 20.2 Å². The molecule has 0 aromatic heterocycles. The molecule has 0 spiro atoms. The molecule has 4 heavy (non-hydrogen) atoms. The van der Waals surface area contributed by atoms with Gasteiger partial charge in [-0.15, -0.1) is 0 Å². The minimum absolute atomic E-state index is 0. The second-order valence-corrected chi connectivity index (χ2v) is 1.60. The van der Waals surface area contributed by atoms with Crippen molar-refractivity contribution in [3.8, 4) is 0 Å². The molecule has 0 unspecified atom stereocenters. The van der Waals surface area contributed by atoms with Crippen molar-refractivity contribution in [3.63, 3.8) is 0 Å². The van der Waals surface area contributed by atoms with Crippen LogP contribution in [0.3, 0.4) is 0 Å². The van der Waals surface area contributed by atoms with Crippen molar-refractivity contribution in [1.29, 1.82) is 0 Å². The molecule has 0 aliphatic rings. The van der Waals surface area contributed by atoms with Gasteiger partial charge in [0.05, 0.1) is 0 Å².